The van der Waals surface area contributed by atoms with Gasteiger partial charge in [0.15, 0.2) is 0 Å². The molecule has 2 aromatic rings. The first-order chi connectivity index (χ1) is 9.12. The molecule has 2 N–H and O–H groups in total. The Kier molecular flexibility index (Phi) is 4.11. The van der Waals surface area contributed by atoms with Gasteiger partial charge in [-0.05, 0) is 22.0 Å². The zero-order chi connectivity index (χ0) is 13.8. The minimum atomic E-state index is 0.332. The highest BCUT2D eigenvalue weighted by molar-refractivity contribution is 9.10. The van der Waals surface area contributed by atoms with Gasteiger partial charge in [0.25, 0.3) is 0 Å². The monoisotopic (exact) mass is 324 g/mol. The molecule has 100 valence electrons. The molecule has 2 rings (SSSR count). The van der Waals surface area contributed by atoms with Crippen LogP contribution in [0.25, 0.3) is 0 Å². The van der Waals surface area contributed by atoms with E-state index in [9.17, 15) is 0 Å². The van der Waals surface area contributed by atoms with Crippen LogP contribution < -0.4 is 19.9 Å². The number of nitrogen functional groups attached to an aromatic ring is 1. The number of hydrogen-bond acceptors (Lipinski definition) is 5. The second-order valence-electron chi connectivity index (χ2n) is 3.70. The molecule has 0 aliphatic rings. The van der Waals surface area contributed by atoms with E-state index in [2.05, 4.69) is 20.9 Å². The number of nitrogens with two attached hydrogens (primary N) is 1. The van der Waals surface area contributed by atoms with Crippen LogP contribution >= 0.6 is 15.9 Å². The molecule has 0 aliphatic carbocycles. The number of aromatic nitrogens is 1. The summed E-state index contributed by atoms with van der Waals surface area (Å²) in [5.74, 6) is 2.13. The van der Waals surface area contributed by atoms with Crippen LogP contribution in [0.4, 0.5) is 5.69 Å². The van der Waals surface area contributed by atoms with Crippen LogP contribution in [0.5, 0.6) is 23.1 Å². The van der Waals surface area contributed by atoms with E-state index in [0.29, 0.717) is 28.8 Å². The third-order valence-electron chi connectivity index (χ3n) is 2.38. The van der Waals surface area contributed by atoms with Crippen molar-refractivity contribution in [2.24, 2.45) is 0 Å². The van der Waals surface area contributed by atoms with Gasteiger partial charge < -0.3 is 19.9 Å². The summed E-state index contributed by atoms with van der Waals surface area (Å²) in [4.78, 5) is 4.11. The molecule has 1 heterocycles. The summed E-state index contributed by atoms with van der Waals surface area (Å²) in [7, 11) is 3.15. The minimum absolute atomic E-state index is 0.332. The summed E-state index contributed by atoms with van der Waals surface area (Å²) in [6.45, 7) is 0. The smallest absolute Gasteiger partial charge is 0.242 e. The van der Waals surface area contributed by atoms with Crippen molar-refractivity contribution >= 4 is 21.6 Å². The molecular formula is C13H13BrN2O3. The predicted molar refractivity (Wildman–Crippen MR) is 76.0 cm³/mol. The van der Waals surface area contributed by atoms with Crippen LogP contribution in [0.3, 0.4) is 0 Å². The Bertz CT molecular complexity index is 568. The Hall–Kier alpha value is -1.95. The second-order valence-corrected chi connectivity index (χ2v) is 4.61. The van der Waals surface area contributed by atoms with Crippen molar-refractivity contribution < 1.29 is 14.2 Å². The molecule has 0 amide bonds. The highest BCUT2D eigenvalue weighted by Crippen LogP contribution is 2.32. The number of pyridine rings is 1. The van der Waals surface area contributed by atoms with Crippen LogP contribution in [0.15, 0.2) is 34.9 Å². The zero-order valence-corrected chi connectivity index (χ0v) is 12.1. The maximum Gasteiger partial charge on any atom is 0.242 e. The normalized spacial score (nSPS) is 10.1. The van der Waals surface area contributed by atoms with E-state index in [1.54, 1.807) is 44.7 Å². The molecule has 0 aliphatic heterocycles. The fourth-order valence-electron chi connectivity index (χ4n) is 1.48. The van der Waals surface area contributed by atoms with Gasteiger partial charge in [0.05, 0.1) is 19.9 Å². The SMILES string of the molecule is COc1cc(OC)cc(Oc2ncc(Br)cc2N)c1. The average molecular weight is 325 g/mol. The molecule has 0 radical (unpaired) electrons. The van der Waals surface area contributed by atoms with Crippen molar-refractivity contribution in [2.45, 2.75) is 0 Å². The summed E-state index contributed by atoms with van der Waals surface area (Å²) in [5.41, 5.74) is 6.27. The number of halogens is 1. The molecule has 0 spiro atoms. The number of rotatable bonds is 4. The van der Waals surface area contributed by atoms with Crippen molar-refractivity contribution in [3.63, 3.8) is 0 Å². The summed E-state index contributed by atoms with van der Waals surface area (Å²) in [5, 5.41) is 0. The predicted octanol–water partition coefficient (Wildman–Crippen LogP) is 3.24. The third kappa shape index (κ3) is 3.29. The maximum absolute atomic E-state index is 5.83. The fourth-order valence-corrected chi connectivity index (χ4v) is 1.83. The average Bonchev–Trinajstić information content (AvgIpc) is 2.41. The summed E-state index contributed by atoms with van der Waals surface area (Å²) in [6.07, 6.45) is 1.61. The molecule has 0 fully saturated rings. The molecule has 5 nitrogen and oxygen atoms in total. The van der Waals surface area contributed by atoms with Gasteiger partial charge in [0, 0.05) is 28.9 Å². The van der Waals surface area contributed by atoms with Crippen molar-refractivity contribution in [2.75, 3.05) is 20.0 Å². The van der Waals surface area contributed by atoms with Crippen molar-refractivity contribution in [1.82, 2.24) is 4.98 Å². The Morgan fingerprint density at radius 2 is 1.58 bits per heavy atom. The van der Waals surface area contributed by atoms with Gasteiger partial charge in [0.2, 0.25) is 5.88 Å². The standard InChI is InChI=1S/C13H13BrN2O3/c1-17-9-4-10(18-2)6-11(5-9)19-13-12(15)3-8(14)7-16-13/h3-7H,15H2,1-2H3. The van der Waals surface area contributed by atoms with Gasteiger partial charge in [-0.2, -0.15) is 0 Å². The van der Waals surface area contributed by atoms with Gasteiger partial charge in [-0.1, -0.05) is 0 Å². The first-order valence-corrected chi connectivity index (χ1v) is 6.23. The van der Waals surface area contributed by atoms with Crippen LogP contribution in [0, 0.1) is 0 Å². The van der Waals surface area contributed by atoms with E-state index in [4.69, 9.17) is 19.9 Å². The first kappa shape index (κ1) is 13.5. The molecule has 1 aromatic heterocycles. The van der Waals surface area contributed by atoms with Crippen molar-refractivity contribution in [3.05, 3.63) is 34.9 Å². The van der Waals surface area contributed by atoms with Crippen molar-refractivity contribution in [1.29, 1.82) is 0 Å². The largest absolute Gasteiger partial charge is 0.496 e. The van der Waals surface area contributed by atoms with Crippen LogP contribution in [0.2, 0.25) is 0 Å². The lowest BCUT2D eigenvalue weighted by molar-refractivity contribution is 0.385. The quantitative estimate of drug-likeness (QED) is 0.935. The van der Waals surface area contributed by atoms with E-state index in [1.165, 1.54) is 0 Å². The van der Waals surface area contributed by atoms with E-state index >= 15 is 0 Å². The van der Waals surface area contributed by atoms with Gasteiger partial charge in [-0.3, -0.25) is 0 Å². The Labute approximate surface area is 119 Å². The van der Waals surface area contributed by atoms with Gasteiger partial charge in [-0.25, -0.2) is 4.98 Å². The van der Waals surface area contributed by atoms with E-state index < -0.39 is 0 Å². The minimum Gasteiger partial charge on any atom is -0.496 e. The Morgan fingerprint density at radius 3 is 2.11 bits per heavy atom. The molecule has 0 saturated carbocycles. The topological polar surface area (TPSA) is 66.6 Å². The van der Waals surface area contributed by atoms with Crippen LogP contribution in [-0.2, 0) is 0 Å². The third-order valence-corrected chi connectivity index (χ3v) is 2.82. The van der Waals surface area contributed by atoms with E-state index in [0.717, 1.165) is 4.47 Å². The number of methoxy groups -OCH3 is 2. The molecule has 1 aromatic carbocycles. The summed E-state index contributed by atoms with van der Waals surface area (Å²) >= 11 is 3.29. The van der Waals surface area contributed by atoms with E-state index in [1.807, 2.05) is 0 Å². The lowest BCUT2D eigenvalue weighted by Gasteiger charge is -2.10. The first-order valence-electron chi connectivity index (χ1n) is 5.44. The number of hydrogen-bond donors (Lipinski definition) is 1. The highest BCUT2D eigenvalue weighted by Gasteiger charge is 2.08. The zero-order valence-electron chi connectivity index (χ0n) is 10.5. The molecular weight excluding hydrogens is 312 g/mol. The highest BCUT2D eigenvalue weighted by atomic mass is 79.9. The van der Waals surface area contributed by atoms with Gasteiger partial charge >= 0.3 is 0 Å². The van der Waals surface area contributed by atoms with Crippen LogP contribution in [0.1, 0.15) is 0 Å². The molecule has 0 saturated heterocycles. The number of nitrogens with zero attached hydrogens (tertiary/aromatic N) is 1. The summed E-state index contributed by atoms with van der Waals surface area (Å²) in [6, 6.07) is 6.93. The molecule has 0 bridgehead atoms. The number of benzene rings is 1. The second kappa shape index (κ2) is 5.79. The van der Waals surface area contributed by atoms with Gasteiger partial charge in [-0.15, -0.1) is 0 Å². The van der Waals surface area contributed by atoms with E-state index in [-0.39, 0.29) is 0 Å². The molecule has 0 atom stereocenters. The van der Waals surface area contributed by atoms with Crippen molar-refractivity contribution in [3.8, 4) is 23.1 Å². The fraction of sp³-hybridized carbons (Fsp3) is 0.154. The van der Waals surface area contributed by atoms with Crippen LogP contribution in [-0.4, -0.2) is 19.2 Å². The molecule has 6 heteroatoms. The molecule has 19 heavy (non-hydrogen) atoms. The Balaban J connectivity index is 2.31. The number of anilines is 1. The van der Waals surface area contributed by atoms with Gasteiger partial charge in [0.1, 0.15) is 17.2 Å². The molecule has 0 unspecified atom stereocenters. The lowest BCUT2D eigenvalue weighted by atomic mass is 10.3. The maximum atomic E-state index is 5.83. The lowest BCUT2D eigenvalue weighted by Crippen LogP contribution is -1.96. The number of ether oxygens (including phenoxy) is 3. The Morgan fingerprint density at radius 1 is 1.00 bits per heavy atom. The summed E-state index contributed by atoms with van der Waals surface area (Å²) < 4.78 is 16.8.